The van der Waals surface area contributed by atoms with E-state index in [1.807, 2.05) is 18.2 Å². The maximum Gasteiger partial charge on any atom is 0.255 e. The van der Waals surface area contributed by atoms with E-state index in [1.165, 1.54) is 5.57 Å². The summed E-state index contributed by atoms with van der Waals surface area (Å²) in [6.07, 6.45) is 2.81. The lowest BCUT2D eigenvalue weighted by molar-refractivity contribution is -0.136. The molecule has 3 amide bonds. The van der Waals surface area contributed by atoms with Gasteiger partial charge in [-0.1, -0.05) is 12.1 Å². The molecule has 1 atom stereocenters. The second-order valence-corrected chi connectivity index (χ2v) is 6.22. The lowest BCUT2D eigenvalue weighted by Gasteiger charge is -2.29. The maximum atomic E-state index is 12.6. The maximum absolute atomic E-state index is 12.6. The fraction of sp³-hybridized carbons (Fsp3) is 0.353. The van der Waals surface area contributed by atoms with E-state index in [0.29, 0.717) is 18.5 Å². The first-order valence-electron chi connectivity index (χ1n) is 7.79. The normalized spacial score (nSPS) is 23.5. The molecule has 0 saturated carbocycles. The molecule has 3 aliphatic rings. The third-order valence-corrected chi connectivity index (χ3v) is 4.62. The minimum Gasteiger partial charge on any atom is -0.322 e. The first kappa shape index (κ1) is 14.1. The molecule has 6 heteroatoms. The highest BCUT2D eigenvalue weighted by Crippen LogP contribution is 2.28. The molecule has 6 nitrogen and oxygen atoms in total. The van der Waals surface area contributed by atoms with Crippen LogP contribution in [0.5, 0.6) is 0 Å². The van der Waals surface area contributed by atoms with Crippen molar-refractivity contribution >= 4 is 23.8 Å². The van der Waals surface area contributed by atoms with Gasteiger partial charge in [0.05, 0.1) is 0 Å². The van der Waals surface area contributed by atoms with Gasteiger partial charge in [0.25, 0.3) is 5.91 Å². The van der Waals surface area contributed by atoms with Crippen LogP contribution in [0.4, 0.5) is 0 Å². The summed E-state index contributed by atoms with van der Waals surface area (Å²) in [6.45, 7) is 2.26. The molecule has 4 rings (SSSR count). The van der Waals surface area contributed by atoms with Crippen LogP contribution >= 0.6 is 0 Å². The zero-order chi connectivity index (χ0) is 16.0. The van der Waals surface area contributed by atoms with Crippen LogP contribution in [0.3, 0.4) is 0 Å². The number of hydrogen-bond donors (Lipinski definition) is 2. The summed E-state index contributed by atoms with van der Waals surface area (Å²) >= 11 is 0. The van der Waals surface area contributed by atoms with Crippen molar-refractivity contribution in [3.05, 3.63) is 40.5 Å². The molecular weight excluding hydrogens is 294 g/mol. The molecule has 118 valence electrons. The molecule has 2 N–H and O–H groups in total. The molecule has 1 unspecified atom stereocenters. The second-order valence-electron chi connectivity index (χ2n) is 6.22. The van der Waals surface area contributed by atoms with Gasteiger partial charge in [-0.25, -0.2) is 0 Å². The summed E-state index contributed by atoms with van der Waals surface area (Å²) < 4.78 is 0. The highest BCUT2D eigenvalue weighted by atomic mass is 16.2. The zero-order valence-electron chi connectivity index (χ0n) is 12.6. The van der Waals surface area contributed by atoms with Crippen LogP contribution in [0.15, 0.2) is 23.8 Å². The second kappa shape index (κ2) is 5.31. The Kier molecular flexibility index (Phi) is 3.27. The molecule has 2 fully saturated rings. The minimum absolute atomic E-state index is 0.126. The molecule has 0 radical (unpaired) electrons. The van der Waals surface area contributed by atoms with Gasteiger partial charge in [0, 0.05) is 31.6 Å². The number of piperidine rings is 1. The molecule has 3 aliphatic heterocycles. The fourth-order valence-electron chi connectivity index (χ4n) is 3.29. The Balaban J connectivity index is 1.57. The lowest BCUT2D eigenvalue weighted by Crippen LogP contribution is -2.52. The molecular formula is C17H17N3O3. The van der Waals surface area contributed by atoms with Crippen molar-refractivity contribution in [2.75, 3.05) is 13.1 Å². The van der Waals surface area contributed by atoms with Gasteiger partial charge >= 0.3 is 0 Å². The molecule has 2 saturated heterocycles. The van der Waals surface area contributed by atoms with Crippen LogP contribution in [-0.4, -0.2) is 41.8 Å². The summed E-state index contributed by atoms with van der Waals surface area (Å²) in [7, 11) is 0. The summed E-state index contributed by atoms with van der Waals surface area (Å²) in [5.74, 6) is -0.761. The van der Waals surface area contributed by atoms with Crippen LogP contribution < -0.4 is 10.6 Å². The van der Waals surface area contributed by atoms with Gasteiger partial charge in [0.15, 0.2) is 0 Å². The number of imide groups is 1. The summed E-state index contributed by atoms with van der Waals surface area (Å²) in [5, 5.41) is 5.51. The Bertz CT molecular complexity index is 747. The van der Waals surface area contributed by atoms with Gasteiger partial charge in [-0.15, -0.1) is 0 Å². The third kappa shape index (κ3) is 2.45. The Labute approximate surface area is 133 Å². The van der Waals surface area contributed by atoms with Crippen molar-refractivity contribution in [3.63, 3.8) is 0 Å². The van der Waals surface area contributed by atoms with E-state index in [2.05, 4.69) is 16.7 Å². The van der Waals surface area contributed by atoms with Crippen LogP contribution in [0.25, 0.3) is 6.08 Å². The van der Waals surface area contributed by atoms with Crippen LogP contribution in [0.1, 0.15) is 34.3 Å². The standard InChI is InChI=1S/C17H17N3O3/c21-15-4-3-14(16(22)19-15)20-9-12-6-10(5-11-7-18-8-11)1-2-13(12)17(20)23/h1-2,5-6,14,18H,3-4,7-9H2,(H,19,21,22). The summed E-state index contributed by atoms with van der Waals surface area (Å²) in [4.78, 5) is 37.4. The van der Waals surface area contributed by atoms with E-state index in [9.17, 15) is 14.4 Å². The first-order valence-corrected chi connectivity index (χ1v) is 7.79. The van der Waals surface area contributed by atoms with Crippen molar-refractivity contribution in [3.8, 4) is 0 Å². The third-order valence-electron chi connectivity index (χ3n) is 4.62. The number of amides is 3. The van der Waals surface area contributed by atoms with Crippen LogP contribution in [-0.2, 0) is 16.1 Å². The number of fused-ring (bicyclic) bond motifs is 1. The van der Waals surface area contributed by atoms with Gasteiger partial charge in [0.2, 0.25) is 11.8 Å². The predicted octanol–water partition coefficient (Wildman–Crippen LogP) is 0.434. The van der Waals surface area contributed by atoms with Gasteiger partial charge in [-0.05, 0) is 35.3 Å². The average molecular weight is 311 g/mol. The SMILES string of the molecule is O=C1CCC(N2Cc3cc(C=C4CNC4)ccc3C2=O)C(=O)N1. The first-order chi connectivity index (χ1) is 11.1. The van der Waals surface area contributed by atoms with Crippen molar-refractivity contribution in [2.24, 2.45) is 0 Å². The van der Waals surface area contributed by atoms with Crippen LogP contribution in [0.2, 0.25) is 0 Å². The Hall–Kier alpha value is -2.47. The largest absolute Gasteiger partial charge is 0.322 e. The number of nitrogens with zero attached hydrogens (tertiary/aromatic N) is 1. The Morgan fingerprint density at radius 1 is 1.17 bits per heavy atom. The van der Waals surface area contributed by atoms with Crippen molar-refractivity contribution in [2.45, 2.75) is 25.4 Å². The number of hydrogen-bond acceptors (Lipinski definition) is 4. The van der Waals surface area contributed by atoms with E-state index in [-0.39, 0.29) is 24.1 Å². The summed E-state index contributed by atoms with van der Waals surface area (Å²) in [5.41, 5.74) is 4.03. The number of carbonyl (C=O) groups excluding carboxylic acids is 3. The Morgan fingerprint density at radius 2 is 2.00 bits per heavy atom. The van der Waals surface area contributed by atoms with Gasteiger partial charge < -0.3 is 10.2 Å². The van der Waals surface area contributed by atoms with E-state index in [4.69, 9.17) is 0 Å². The fourth-order valence-corrected chi connectivity index (χ4v) is 3.29. The number of nitrogens with one attached hydrogen (secondary N) is 2. The average Bonchev–Trinajstić information content (AvgIpc) is 2.80. The van der Waals surface area contributed by atoms with Crippen molar-refractivity contribution in [1.82, 2.24) is 15.5 Å². The van der Waals surface area contributed by atoms with Crippen LogP contribution in [0, 0.1) is 0 Å². The molecule has 23 heavy (non-hydrogen) atoms. The molecule has 1 aromatic carbocycles. The molecule has 3 heterocycles. The van der Waals surface area contributed by atoms with E-state index >= 15 is 0 Å². The molecule has 0 spiro atoms. The van der Waals surface area contributed by atoms with Gasteiger partial charge in [-0.3, -0.25) is 19.7 Å². The topological polar surface area (TPSA) is 78.5 Å². The molecule has 0 bridgehead atoms. The highest BCUT2D eigenvalue weighted by molar-refractivity contribution is 6.05. The van der Waals surface area contributed by atoms with E-state index < -0.39 is 6.04 Å². The monoisotopic (exact) mass is 311 g/mol. The minimum atomic E-state index is -0.551. The number of carbonyl (C=O) groups is 3. The quantitative estimate of drug-likeness (QED) is 0.777. The number of benzene rings is 1. The van der Waals surface area contributed by atoms with Gasteiger partial charge in [0.1, 0.15) is 6.04 Å². The Morgan fingerprint density at radius 3 is 2.70 bits per heavy atom. The number of rotatable bonds is 2. The lowest BCUT2D eigenvalue weighted by atomic mass is 10.0. The highest BCUT2D eigenvalue weighted by Gasteiger charge is 2.38. The molecule has 0 aliphatic carbocycles. The zero-order valence-corrected chi connectivity index (χ0v) is 12.6. The van der Waals surface area contributed by atoms with Gasteiger partial charge in [-0.2, -0.15) is 0 Å². The van der Waals surface area contributed by atoms with Crippen molar-refractivity contribution in [1.29, 1.82) is 0 Å². The van der Waals surface area contributed by atoms with E-state index in [1.54, 1.807) is 4.90 Å². The molecule has 1 aromatic rings. The predicted molar refractivity (Wildman–Crippen MR) is 83.3 cm³/mol. The molecule has 0 aromatic heterocycles. The summed E-state index contributed by atoms with van der Waals surface area (Å²) in [6, 6.07) is 5.24. The van der Waals surface area contributed by atoms with Crippen molar-refractivity contribution < 1.29 is 14.4 Å². The smallest absolute Gasteiger partial charge is 0.255 e. The van der Waals surface area contributed by atoms with E-state index in [0.717, 1.165) is 24.2 Å².